The minimum absolute atomic E-state index is 0.201. The zero-order valence-electron chi connectivity index (χ0n) is 60.7. The summed E-state index contributed by atoms with van der Waals surface area (Å²) in [5, 5.41) is 0. The first kappa shape index (κ1) is 78.5. The van der Waals surface area contributed by atoms with Crippen LogP contribution in [0.15, 0.2) is 72.9 Å². The first-order chi connectivity index (χ1) is 42.5. The number of carbonyl (C=O) groups is 4. The molecule has 8 atom stereocenters. The number of carbonyl (C=O) groups excluding carboxylic acids is 4. The molecule has 2 aliphatic carbocycles. The van der Waals surface area contributed by atoms with Crippen molar-refractivity contribution in [3.05, 3.63) is 117 Å². The summed E-state index contributed by atoms with van der Waals surface area (Å²) < 4.78 is 38.8. The molecule has 0 bridgehead atoms. The summed E-state index contributed by atoms with van der Waals surface area (Å²) in [7, 11) is 19.9. The third kappa shape index (κ3) is 27.5. The minimum atomic E-state index is -0.351. The molecule has 0 aliphatic heterocycles. The van der Waals surface area contributed by atoms with Gasteiger partial charge in [-0.05, 0) is 175 Å². The van der Waals surface area contributed by atoms with Gasteiger partial charge in [-0.2, -0.15) is 0 Å². The Hall–Kier alpha value is -4.96. The maximum Gasteiger partial charge on any atom is 0.333 e. The van der Waals surface area contributed by atoms with Crippen LogP contribution in [0.5, 0.6) is 0 Å². The molecule has 2 saturated carbocycles. The molecule has 2 aromatic rings. The zero-order chi connectivity index (χ0) is 68.0. The van der Waals surface area contributed by atoms with Gasteiger partial charge in [0.2, 0.25) is 0 Å². The summed E-state index contributed by atoms with van der Waals surface area (Å²) in [6.45, 7) is 42.7. The standard InChI is InChI=1S/C77H128N4O10/c1-23-61-41-65(42-63(48-70(47-61)86-22)50-80(18,19)32-36-90-76(84)56(7)8)52-87-53-69-38-58(11)39-73(71(69)27-29-79(16,17)31-35-89-75(83)55(5)6)68-44-62(24-2)43-67(45-64(46-68)51-81(20,21)33-37-91-77(85)57(9)10)72-49-66(59(12)40-60(72)13)26-25-28-78(14,15)30-34-88-74(82)54(3)4/h38-40,49,61-65,67-68,70H,3,5,7,9,23-37,41-48,50-53H2,1-2,4,6,8,10-22H3/q+4. The monoisotopic (exact) mass is 1270 g/mol. The number of ether oxygens (including phenoxy) is 6. The summed E-state index contributed by atoms with van der Waals surface area (Å²) in [5.74, 6) is 1.50. The zero-order valence-corrected chi connectivity index (χ0v) is 60.7. The summed E-state index contributed by atoms with van der Waals surface area (Å²) in [6, 6.07) is 9.91. The Bertz CT molecular complexity index is 2760. The minimum Gasteiger partial charge on any atom is -0.456 e. The van der Waals surface area contributed by atoms with E-state index in [0.717, 1.165) is 136 Å². The molecule has 0 N–H and O–H groups in total. The predicted octanol–water partition coefficient (Wildman–Crippen LogP) is 13.3. The third-order valence-corrected chi connectivity index (χ3v) is 20.0. The van der Waals surface area contributed by atoms with Gasteiger partial charge in [0.1, 0.15) is 52.6 Å². The van der Waals surface area contributed by atoms with Crippen molar-refractivity contribution in [2.75, 3.05) is 149 Å². The quantitative estimate of drug-likeness (QED) is 0.0282. The number of likely N-dealkylation sites (N-methyl/N-ethyl adjacent to an activating group) is 4. The molecule has 0 aromatic heterocycles. The number of rotatable bonds is 36. The first-order valence-electron chi connectivity index (χ1n) is 34.5. The van der Waals surface area contributed by atoms with E-state index in [1.807, 2.05) is 7.11 Å². The molecule has 512 valence electrons. The lowest BCUT2D eigenvalue weighted by Crippen LogP contribution is -2.47. The predicted molar refractivity (Wildman–Crippen MR) is 370 cm³/mol. The Balaban J connectivity index is 1.77. The van der Waals surface area contributed by atoms with Crippen LogP contribution in [0.1, 0.15) is 169 Å². The van der Waals surface area contributed by atoms with E-state index in [9.17, 15) is 19.2 Å². The Labute approximate surface area is 553 Å². The molecule has 14 heteroatoms. The lowest BCUT2D eigenvalue weighted by atomic mass is 9.69. The topological polar surface area (TPSA) is 124 Å². The molecule has 0 saturated heterocycles. The average molecular weight is 1270 g/mol. The first-order valence-corrected chi connectivity index (χ1v) is 34.5. The second-order valence-corrected chi connectivity index (χ2v) is 30.9. The number of methoxy groups -OCH3 is 1. The molecule has 91 heavy (non-hydrogen) atoms. The average Bonchev–Trinajstić information content (AvgIpc) is 0.813. The SMILES string of the molecule is C=C(C)C(=O)OCC[N+](C)(C)CCCc1cc(C2CC(CC)CC(c3cc(C)cc(COCC4CC(CC)CC(OC)CC(C[N+](C)(C)CCOC(=O)C(=C)C)C4)c3CC[N+](C)(C)CCOC(=O)C(=C)C)CC(C[N+](C)(C)CCOC(=O)C(=C)C)C2)c(C)cc1C. The molecular formula is C77H128N4O10+4. The number of benzene rings is 2. The molecule has 8 unspecified atom stereocenters. The maximum atomic E-state index is 12.7. The Morgan fingerprint density at radius 2 is 0.879 bits per heavy atom. The highest BCUT2D eigenvalue weighted by Crippen LogP contribution is 2.46. The van der Waals surface area contributed by atoms with Crippen molar-refractivity contribution < 1.29 is 65.5 Å². The number of aryl methyl sites for hydroxylation is 4. The van der Waals surface area contributed by atoms with Crippen molar-refractivity contribution in [3.63, 3.8) is 0 Å². The number of hydrogen-bond donors (Lipinski definition) is 0. The molecule has 4 rings (SSSR count). The van der Waals surface area contributed by atoms with Crippen LogP contribution in [0.4, 0.5) is 0 Å². The highest BCUT2D eigenvalue weighted by molar-refractivity contribution is 5.88. The fourth-order valence-corrected chi connectivity index (χ4v) is 14.5. The van der Waals surface area contributed by atoms with Crippen LogP contribution in [0.3, 0.4) is 0 Å². The van der Waals surface area contributed by atoms with E-state index in [1.165, 1.54) is 44.5 Å². The highest BCUT2D eigenvalue weighted by Gasteiger charge is 2.37. The van der Waals surface area contributed by atoms with Gasteiger partial charge >= 0.3 is 23.9 Å². The molecule has 2 fully saturated rings. The van der Waals surface area contributed by atoms with Crippen molar-refractivity contribution in [2.24, 2.45) is 29.6 Å². The van der Waals surface area contributed by atoms with E-state index in [1.54, 1.807) is 27.7 Å². The van der Waals surface area contributed by atoms with Gasteiger partial charge in [-0.3, -0.25) is 0 Å². The van der Waals surface area contributed by atoms with Crippen LogP contribution in [0.25, 0.3) is 0 Å². The normalized spacial score (nSPS) is 21.1. The van der Waals surface area contributed by atoms with Crippen LogP contribution in [-0.4, -0.2) is 197 Å². The van der Waals surface area contributed by atoms with E-state index < -0.39 is 0 Å². The summed E-state index contributed by atoms with van der Waals surface area (Å²) in [6.07, 6.45) is 13.7. The van der Waals surface area contributed by atoms with Gasteiger partial charge < -0.3 is 46.4 Å². The van der Waals surface area contributed by atoms with Gasteiger partial charge in [-0.1, -0.05) is 82.8 Å². The second-order valence-electron chi connectivity index (χ2n) is 30.9. The van der Waals surface area contributed by atoms with Crippen molar-refractivity contribution in [1.82, 2.24) is 0 Å². The van der Waals surface area contributed by atoms with Crippen molar-refractivity contribution in [2.45, 2.75) is 170 Å². The van der Waals surface area contributed by atoms with E-state index in [-0.39, 0.29) is 30.0 Å². The van der Waals surface area contributed by atoms with Crippen LogP contribution < -0.4 is 0 Å². The molecule has 14 nitrogen and oxygen atoms in total. The Kier molecular flexibility index (Phi) is 31.6. The van der Waals surface area contributed by atoms with E-state index >= 15 is 0 Å². The van der Waals surface area contributed by atoms with Crippen molar-refractivity contribution in [3.8, 4) is 0 Å². The summed E-state index contributed by atoms with van der Waals surface area (Å²) in [5.41, 5.74) is 12.7. The molecule has 2 aromatic carbocycles. The number of hydrogen-bond acceptors (Lipinski definition) is 10. The van der Waals surface area contributed by atoms with Crippen molar-refractivity contribution in [1.29, 1.82) is 0 Å². The van der Waals surface area contributed by atoms with Crippen LogP contribution in [0, 0.1) is 50.4 Å². The molecule has 0 radical (unpaired) electrons. The fourth-order valence-electron chi connectivity index (χ4n) is 14.5. The van der Waals surface area contributed by atoms with E-state index in [4.69, 9.17) is 28.4 Å². The number of esters is 4. The van der Waals surface area contributed by atoms with Gasteiger partial charge in [-0.25, -0.2) is 19.2 Å². The Morgan fingerprint density at radius 3 is 1.35 bits per heavy atom. The molecule has 2 aliphatic rings. The molecular weight excluding hydrogens is 1140 g/mol. The van der Waals surface area contributed by atoms with Gasteiger partial charge in [0, 0.05) is 60.7 Å². The van der Waals surface area contributed by atoms with E-state index in [0.29, 0.717) is 121 Å². The Morgan fingerprint density at radius 1 is 0.462 bits per heavy atom. The largest absolute Gasteiger partial charge is 0.456 e. The summed E-state index contributed by atoms with van der Waals surface area (Å²) in [4.78, 5) is 49.7. The van der Waals surface area contributed by atoms with E-state index in [2.05, 4.69) is 142 Å². The second kappa shape index (κ2) is 36.6. The van der Waals surface area contributed by atoms with Gasteiger partial charge in [0.05, 0.1) is 95.3 Å². The highest BCUT2D eigenvalue weighted by atomic mass is 16.5. The molecule has 0 heterocycles. The molecule has 0 amide bonds. The third-order valence-electron chi connectivity index (χ3n) is 20.0. The van der Waals surface area contributed by atoms with Gasteiger partial charge in [0.25, 0.3) is 0 Å². The maximum absolute atomic E-state index is 12.7. The molecule has 0 spiro atoms. The van der Waals surface area contributed by atoms with Gasteiger partial charge in [-0.15, -0.1) is 0 Å². The number of quaternary nitrogens is 4. The number of nitrogens with zero attached hydrogens (tertiary/aromatic N) is 4. The fraction of sp³-hybridized carbons (Fsp3) is 0.688. The van der Waals surface area contributed by atoms with Crippen LogP contribution >= 0.6 is 0 Å². The smallest absolute Gasteiger partial charge is 0.333 e. The lowest BCUT2D eigenvalue weighted by molar-refractivity contribution is -0.894. The van der Waals surface area contributed by atoms with Crippen LogP contribution in [-0.2, 0) is 67.0 Å². The van der Waals surface area contributed by atoms with Gasteiger partial charge in [0.15, 0.2) is 0 Å². The van der Waals surface area contributed by atoms with Crippen molar-refractivity contribution >= 4 is 23.9 Å². The summed E-state index contributed by atoms with van der Waals surface area (Å²) >= 11 is 0. The lowest BCUT2D eigenvalue weighted by Gasteiger charge is -2.40. The van der Waals surface area contributed by atoms with Crippen LogP contribution in [0.2, 0.25) is 0 Å².